The van der Waals surface area contributed by atoms with Crippen molar-refractivity contribution in [1.29, 1.82) is 0 Å². The third-order valence-electron chi connectivity index (χ3n) is 1.85. The minimum Gasteiger partial charge on any atom is -0.462 e. The fourth-order valence-electron chi connectivity index (χ4n) is 1.16. The first-order valence-electron chi connectivity index (χ1n) is 4.67. The highest BCUT2D eigenvalue weighted by Gasteiger charge is 2.21. The van der Waals surface area contributed by atoms with Crippen LogP contribution in [0.1, 0.15) is 17.3 Å². The molecule has 7 heteroatoms. The van der Waals surface area contributed by atoms with Gasteiger partial charge in [-0.25, -0.2) is 9.18 Å². The van der Waals surface area contributed by atoms with Crippen LogP contribution in [0.15, 0.2) is 12.1 Å². The summed E-state index contributed by atoms with van der Waals surface area (Å²) in [5.74, 6) is -2.57. The maximum absolute atomic E-state index is 13.1. The maximum atomic E-state index is 13.1. The number of nitrogens with two attached hydrogens (primary N) is 1. The Morgan fingerprint density at radius 2 is 2.12 bits per heavy atom. The first-order valence-corrected chi connectivity index (χ1v) is 4.67. The Balaban J connectivity index is 3.19. The van der Waals surface area contributed by atoms with Gasteiger partial charge < -0.3 is 15.2 Å². The van der Waals surface area contributed by atoms with Crippen LogP contribution in [0.5, 0.6) is 5.75 Å². The molecule has 0 aromatic heterocycles. The summed E-state index contributed by atoms with van der Waals surface area (Å²) in [4.78, 5) is 11.4. The van der Waals surface area contributed by atoms with Crippen molar-refractivity contribution in [1.82, 2.24) is 0 Å². The molecule has 0 unspecified atom stereocenters. The van der Waals surface area contributed by atoms with Gasteiger partial charge >= 0.3 is 12.6 Å². The number of rotatable bonds is 4. The lowest BCUT2D eigenvalue weighted by Gasteiger charge is -2.12. The molecule has 0 heterocycles. The summed E-state index contributed by atoms with van der Waals surface area (Å²) in [5, 5.41) is 0. The van der Waals surface area contributed by atoms with Crippen molar-refractivity contribution in [3.05, 3.63) is 23.5 Å². The van der Waals surface area contributed by atoms with E-state index in [4.69, 9.17) is 5.73 Å². The van der Waals surface area contributed by atoms with Gasteiger partial charge in [0.2, 0.25) is 0 Å². The first kappa shape index (κ1) is 13.1. The Kier molecular flexibility index (Phi) is 4.19. The molecule has 0 spiro atoms. The molecule has 0 amide bonds. The number of esters is 1. The molecule has 0 saturated heterocycles. The number of benzene rings is 1. The number of carbonyl (C=O) groups excluding carboxylic acids is 1. The third kappa shape index (κ3) is 3.02. The molecule has 1 aromatic rings. The average Bonchev–Trinajstić information content (AvgIpc) is 2.24. The van der Waals surface area contributed by atoms with Crippen LogP contribution in [0.25, 0.3) is 0 Å². The summed E-state index contributed by atoms with van der Waals surface area (Å²) in [6.45, 7) is -1.63. The van der Waals surface area contributed by atoms with Crippen LogP contribution in [-0.2, 0) is 4.74 Å². The van der Waals surface area contributed by atoms with E-state index in [0.717, 1.165) is 12.1 Å². The third-order valence-corrected chi connectivity index (χ3v) is 1.85. The van der Waals surface area contributed by atoms with Crippen LogP contribution >= 0.6 is 0 Å². The number of hydrogen-bond donors (Lipinski definition) is 1. The van der Waals surface area contributed by atoms with Crippen LogP contribution in [-0.4, -0.2) is 19.2 Å². The van der Waals surface area contributed by atoms with Crippen molar-refractivity contribution >= 4 is 11.7 Å². The zero-order valence-corrected chi connectivity index (χ0v) is 8.88. The van der Waals surface area contributed by atoms with E-state index in [1.54, 1.807) is 6.92 Å². The second-order valence-electron chi connectivity index (χ2n) is 2.94. The Hall–Kier alpha value is -1.92. The van der Waals surface area contributed by atoms with Gasteiger partial charge in [-0.05, 0) is 19.1 Å². The quantitative estimate of drug-likeness (QED) is 0.656. The predicted octanol–water partition coefficient (Wildman–Crippen LogP) is 2.19. The van der Waals surface area contributed by atoms with Gasteiger partial charge in [0, 0.05) is 0 Å². The number of nitrogen functional groups attached to an aromatic ring is 1. The molecule has 2 N–H and O–H groups in total. The molecule has 0 atom stereocenters. The van der Waals surface area contributed by atoms with Gasteiger partial charge in [0.25, 0.3) is 0 Å². The fourth-order valence-corrected chi connectivity index (χ4v) is 1.16. The molecule has 94 valence electrons. The second kappa shape index (κ2) is 5.42. The van der Waals surface area contributed by atoms with E-state index in [1.807, 2.05) is 0 Å². The topological polar surface area (TPSA) is 61.5 Å². The number of ether oxygens (including phenoxy) is 2. The van der Waals surface area contributed by atoms with Gasteiger partial charge in [-0.2, -0.15) is 8.78 Å². The van der Waals surface area contributed by atoms with Crippen molar-refractivity contribution in [2.45, 2.75) is 13.5 Å². The van der Waals surface area contributed by atoms with Gasteiger partial charge in [-0.3, -0.25) is 0 Å². The fraction of sp³-hybridized carbons (Fsp3) is 0.300. The van der Waals surface area contributed by atoms with Gasteiger partial charge in [0.15, 0.2) is 5.75 Å². The van der Waals surface area contributed by atoms with Gasteiger partial charge in [-0.15, -0.1) is 0 Å². The smallest absolute Gasteiger partial charge is 0.387 e. The molecule has 0 aliphatic carbocycles. The number of anilines is 1. The average molecular weight is 249 g/mol. The van der Waals surface area contributed by atoms with Crippen LogP contribution in [0.2, 0.25) is 0 Å². The van der Waals surface area contributed by atoms with E-state index in [1.165, 1.54) is 0 Å². The van der Waals surface area contributed by atoms with E-state index in [-0.39, 0.29) is 12.2 Å². The molecule has 1 rings (SSSR count). The maximum Gasteiger partial charge on any atom is 0.387 e. The number of halogens is 3. The van der Waals surface area contributed by atoms with Crippen molar-refractivity contribution < 1.29 is 27.4 Å². The van der Waals surface area contributed by atoms with E-state index in [9.17, 15) is 18.0 Å². The molecular formula is C10H10F3NO3. The molecule has 0 fully saturated rings. The molecular weight excluding hydrogens is 239 g/mol. The van der Waals surface area contributed by atoms with Crippen molar-refractivity contribution in [2.75, 3.05) is 12.3 Å². The van der Waals surface area contributed by atoms with Gasteiger partial charge in [0.05, 0.1) is 6.61 Å². The highest BCUT2D eigenvalue weighted by atomic mass is 19.3. The SMILES string of the molecule is CCOC(=O)c1ccc(F)c(N)c1OC(F)F. The van der Waals surface area contributed by atoms with Crippen molar-refractivity contribution in [2.24, 2.45) is 0 Å². The monoisotopic (exact) mass is 249 g/mol. The minimum absolute atomic E-state index is 0.0459. The summed E-state index contributed by atoms with van der Waals surface area (Å²) < 4.78 is 45.9. The lowest BCUT2D eigenvalue weighted by molar-refractivity contribution is -0.0500. The van der Waals surface area contributed by atoms with E-state index >= 15 is 0 Å². The van der Waals surface area contributed by atoms with E-state index < -0.39 is 29.8 Å². The second-order valence-corrected chi connectivity index (χ2v) is 2.94. The summed E-state index contributed by atoms with van der Waals surface area (Å²) in [6, 6.07) is 1.85. The first-order chi connectivity index (χ1) is 7.97. The Bertz CT molecular complexity index is 424. The summed E-state index contributed by atoms with van der Waals surface area (Å²) in [7, 11) is 0. The van der Waals surface area contributed by atoms with Crippen LogP contribution in [0, 0.1) is 5.82 Å². The molecule has 1 aromatic carbocycles. The zero-order valence-electron chi connectivity index (χ0n) is 8.88. The predicted molar refractivity (Wildman–Crippen MR) is 53.4 cm³/mol. The van der Waals surface area contributed by atoms with Gasteiger partial charge in [0.1, 0.15) is 17.1 Å². The zero-order chi connectivity index (χ0) is 13.0. The lowest BCUT2D eigenvalue weighted by Crippen LogP contribution is -2.13. The number of hydrogen-bond acceptors (Lipinski definition) is 4. The van der Waals surface area contributed by atoms with Crippen molar-refractivity contribution in [3.8, 4) is 5.75 Å². The highest BCUT2D eigenvalue weighted by molar-refractivity contribution is 5.94. The van der Waals surface area contributed by atoms with Crippen LogP contribution < -0.4 is 10.5 Å². The Morgan fingerprint density at radius 3 is 2.65 bits per heavy atom. The Labute approximate surface area is 95.1 Å². The molecule has 4 nitrogen and oxygen atoms in total. The molecule has 0 aliphatic heterocycles. The van der Waals surface area contributed by atoms with Gasteiger partial charge in [-0.1, -0.05) is 0 Å². The van der Waals surface area contributed by atoms with Crippen LogP contribution in [0.4, 0.5) is 18.9 Å². The highest BCUT2D eigenvalue weighted by Crippen LogP contribution is 2.31. The molecule has 0 aliphatic rings. The summed E-state index contributed by atoms with van der Waals surface area (Å²) >= 11 is 0. The molecule has 17 heavy (non-hydrogen) atoms. The summed E-state index contributed by atoms with van der Waals surface area (Å²) in [6.07, 6.45) is 0. The number of alkyl halides is 2. The van der Waals surface area contributed by atoms with E-state index in [0.29, 0.717) is 0 Å². The molecule has 0 saturated carbocycles. The summed E-state index contributed by atoms with van der Waals surface area (Å²) in [5.41, 5.74) is 4.23. The standard InChI is InChI=1S/C10H10F3NO3/c1-2-16-9(15)5-3-4-6(11)7(14)8(5)17-10(12)13/h3-4,10H,2,14H2,1H3. The van der Waals surface area contributed by atoms with E-state index in [2.05, 4.69) is 9.47 Å². The normalized spacial score (nSPS) is 10.4. The van der Waals surface area contributed by atoms with Crippen LogP contribution in [0.3, 0.4) is 0 Å². The molecule has 0 bridgehead atoms. The molecule has 0 radical (unpaired) electrons. The van der Waals surface area contributed by atoms with Crippen molar-refractivity contribution in [3.63, 3.8) is 0 Å². The minimum atomic E-state index is -3.22. The lowest BCUT2D eigenvalue weighted by atomic mass is 10.1. The largest absolute Gasteiger partial charge is 0.462 e. The number of carbonyl (C=O) groups is 1. The Morgan fingerprint density at radius 1 is 1.47 bits per heavy atom.